The van der Waals surface area contributed by atoms with Gasteiger partial charge in [-0.2, -0.15) is 0 Å². The number of carbonyl (C=O) groups excluding carboxylic acids is 1. The molecule has 0 fully saturated rings. The number of hydrogen-bond donors (Lipinski definition) is 0. The summed E-state index contributed by atoms with van der Waals surface area (Å²) >= 11 is 5.66. The van der Waals surface area contributed by atoms with Crippen molar-refractivity contribution in [2.75, 3.05) is 7.11 Å². The van der Waals surface area contributed by atoms with Crippen LogP contribution in [0.25, 0.3) is 0 Å². The van der Waals surface area contributed by atoms with Crippen LogP contribution in [0.15, 0.2) is 42.5 Å². The van der Waals surface area contributed by atoms with Crippen molar-refractivity contribution in [1.29, 1.82) is 0 Å². The fourth-order valence-electron chi connectivity index (χ4n) is 1.50. The molecule has 0 N–H and O–H groups in total. The van der Waals surface area contributed by atoms with Gasteiger partial charge in [-0.15, -0.1) is 0 Å². The van der Waals surface area contributed by atoms with Crippen LogP contribution in [0.1, 0.15) is 10.4 Å². The predicted molar refractivity (Wildman–Crippen MR) is 69.3 cm³/mol. The van der Waals surface area contributed by atoms with Gasteiger partial charge in [-0.05, 0) is 24.3 Å². The average Bonchev–Trinajstić information content (AvgIpc) is 2.43. The Kier molecular flexibility index (Phi) is 4.02. The summed E-state index contributed by atoms with van der Waals surface area (Å²) in [5.41, 5.74) is 0.283. The van der Waals surface area contributed by atoms with E-state index in [2.05, 4.69) is 4.74 Å². The number of halogens is 2. The Morgan fingerprint density at radius 1 is 1.21 bits per heavy atom. The molecule has 0 atom stereocenters. The molecule has 0 radical (unpaired) electrons. The maximum Gasteiger partial charge on any atom is 0.341 e. The molecule has 0 aliphatic carbocycles. The Labute approximate surface area is 114 Å². The lowest BCUT2D eigenvalue weighted by Crippen LogP contribution is -2.03. The Morgan fingerprint density at radius 2 is 1.95 bits per heavy atom. The van der Waals surface area contributed by atoms with Crippen LogP contribution in [0.5, 0.6) is 11.5 Å². The second kappa shape index (κ2) is 5.71. The normalized spacial score (nSPS) is 10.1. The van der Waals surface area contributed by atoms with E-state index >= 15 is 0 Å². The van der Waals surface area contributed by atoms with Gasteiger partial charge >= 0.3 is 5.97 Å². The number of carbonyl (C=O) groups is 1. The van der Waals surface area contributed by atoms with Crippen LogP contribution in [-0.4, -0.2) is 13.1 Å². The summed E-state index contributed by atoms with van der Waals surface area (Å²) in [6.45, 7) is 0. The molecule has 0 amide bonds. The van der Waals surface area contributed by atoms with E-state index in [1.165, 1.54) is 25.3 Å². The zero-order valence-electron chi connectivity index (χ0n) is 10.0. The lowest BCUT2D eigenvalue weighted by atomic mass is 10.2. The van der Waals surface area contributed by atoms with Gasteiger partial charge in [0.2, 0.25) is 0 Å². The maximum absolute atomic E-state index is 13.0. The molecule has 0 aliphatic rings. The Balaban J connectivity index is 2.32. The van der Waals surface area contributed by atoms with Gasteiger partial charge in [-0.3, -0.25) is 0 Å². The summed E-state index contributed by atoms with van der Waals surface area (Å²) in [7, 11) is 1.29. The van der Waals surface area contributed by atoms with E-state index in [0.717, 1.165) is 0 Å². The number of ether oxygens (including phenoxy) is 2. The van der Waals surface area contributed by atoms with Crippen molar-refractivity contribution >= 4 is 17.6 Å². The number of hydrogen-bond acceptors (Lipinski definition) is 3. The third-order valence-electron chi connectivity index (χ3n) is 2.41. The Bertz CT molecular complexity index is 613. The van der Waals surface area contributed by atoms with Crippen molar-refractivity contribution in [3.63, 3.8) is 0 Å². The lowest BCUT2D eigenvalue weighted by molar-refractivity contribution is 0.0598. The largest absolute Gasteiger partial charge is 0.465 e. The summed E-state index contributed by atoms with van der Waals surface area (Å²) in [5.74, 6) is -0.390. The van der Waals surface area contributed by atoms with Crippen molar-refractivity contribution in [2.24, 2.45) is 0 Å². The SMILES string of the molecule is COC(=O)c1ccccc1Oc1ccc(F)c(Cl)c1. The molecule has 0 heterocycles. The van der Waals surface area contributed by atoms with Crippen LogP contribution in [-0.2, 0) is 4.74 Å². The van der Waals surface area contributed by atoms with E-state index in [9.17, 15) is 9.18 Å². The molecule has 98 valence electrons. The van der Waals surface area contributed by atoms with Gasteiger partial charge in [-0.25, -0.2) is 9.18 Å². The second-order valence-electron chi connectivity index (χ2n) is 3.67. The number of benzene rings is 2. The quantitative estimate of drug-likeness (QED) is 0.796. The van der Waals surface area contributed by atoms with Crippen molar-refractivity contribution in [1.82, 2.24) is 0 Å². The minimum absolute atomic E-state index is 0.0481. The predicted octanol–water partition coefficient (Wildman–Crippen LogP) is 4.06. The summed E-state index contributed by atoms with van der Waals surface area (Å²) in [4.78, 5) is 11.6. The zero-order valence-corrected chi connectivity index (χ0v) is 10.8. The molecule has 2 aromatic carbocycles. The smallest absolute Gasteiger partial charge is 0.341 e. The first-order valence-corrected chi connectivity index (χ1v) is 5.80. The van der Waals surface area contributed by atoms with Gasteiger partial charge in [0.25, 0.3) is 0 Å². The lowest BCUT2D eigenvalue weighted by Gasteiger charge is -2.10. The molecular formula is C14H10ClFO3. The maximum atomic E-state index is 13.0. The highest BCUT2D eigenvalue weighted by Gasteiger charge is 2.13. The molecule has 0 saturated carbocycles. The number of esters is 1. The molecule has 0 saturated heterocycles. The van der Waals surface area contributed by atoms with E-state index in [0.29, 0.717) is 11.5 Å². The minimum atomic E-state index is -0.532. The van der Waals surface area contributed by atoms with Crippen molar-refractivity contribution in [2.45, 2.75) is 0 Å². The third kappa shape index (κ3) is 3.03. The topological polar surface area (TPSA) is 35.5 Å². The van der Waals surface area contributed by atoms with Crippen LogP contribution in [0.4, 0.5) is 4.39 Å². The number of methoxy groups -OCH3 is 1. The highest BCUT2D eigenvalue weighted by atomic mass is 35.5. The molecule has 0 bridgehead atoms. The average molecular weight is 281 g/mol. The molecule has 0 aliphatic heterocycles. The van der Waals surface area contributed by atoms with E-state index < -0.39 is 11.8 Å². The second-order valence-corrected chi connectivity index (χ2v) is 4.07. The van der Waals surface area contributed by atoms with E-state index in [4.69, 9.17) is 16.3 Å². The van der Waals surface area contributed by atoms with Crippen LogP contribution in [0.3, 0.4) is 0 Å². The molecular weight excluding hydrogens is 271 g/mol. The van der Waals surface area contributed by atoms with Crippen LogP contribution >= 0.6 is 11.6 Å². The Morgan fingerprint density at radius 3 is 2.63 bits per heavy atom. The van der Waals surface area contributed by atoms with Crippen LogP contribution < -0.4 is 4.74 Å². The van der Waals surface area contributed by atoms with Gasteiger partial charge in [0.05, 0.1) is 12.1 Å². The first kappa shape index (κ1) is 13.4. The fourth-order valence-corrected chi connectivity index (χ4v) is 1.67. The molecule has 19 heavy (non-hydrogen) atoms. The Hall–Kier alpha value is -2.07. The van der Waals surface area contributed by atoms with E-state index in [-0.39, 0.29) is 10.6 Å². The number of rotatable bonds is 3. The van der Waals surface area contributed by atoms with Crippen molar-refractivity contribution < 1.29 is 18.7 Å². The highest BCUT2D eigenvalue weighted by molar-refractivity contribution is 6.30. The van der Waals surface area contributed by atoms with E-state index in [1.807, 2.05) is 0 Å². The molecule has 0 aromatic heterocycles. The molecule has 2 rings (SSSR count). The van der Waals surface area contributed by atoms with Crippen LogP contribution in [0, 0.1) is 5.82 Å². The monoisotopic (exact) mass is 280 g/mol. The van der Waals surface area contributed by atoms with Gasteiger partial charge in [0.15, 0.2) is 0 Å². The van der Waals surface area contributed by atoms with Crippen molar-refractivity contribution in [3.05, 3.63) is 58.9 Å². The molecule has 0 unspecified atom stereocenters. The molecule has 5 heteroatoms. The standard InChI is InChI=1S/C14H10ClFO3/c1-18-14(17)10-4-2-3-5-13(10)19-9-6-7-12(16)11(15)8-9/h2-8H,1H3. The minimum Gasteiger partial charge on any atom is -0.465 e. The summed E-state index contributed by atoms with van der Waals surface area (Å²) < 4.78 is 23.2. The van der Waals surface area contributed by atoms with Gasteiger partial charge < -0.3 is 9.47 Å². The van der Waals surface area contributed by atoms with Gasteiger partial charge in [-0.1, -0.05) is 23.7 Å². The van der Waals surface area contributed by atoms with Crippen molar-refractivity contribution in [3.8, 4) is 11.5 Å². The third-order valence-corrected chi connectivity index (χ3v) is 2.70. The first-order valence-electron chi connectivity index (χ1n) is 5.42. The fraction of sp³-hybridized carbons (Fsp3) is 0.0714. The summed E-state index contributed by atoms with van der Waals surface area (Å²) in [6, 6.07) is 10.6. The summed E-state index contributed by atoms with van der Waals surface area (Å²) in [5, 5.41) is -0.0481. The first-order chi connectivity index (χ1) is 9.11. The summed E-state index contributed by atoms with van der Waals surface area (Å²) in [6.07, 6.45) is 0. The molecule has 3 nitrogen and oxygen atoms in total. The van der Waals surface area contributed by atoms with Gasteiger partial charge in [0, 0.05) is 6.07 Å². The number of para-hydroxylation sites is 1. The van der Waals surface area contributed by atoms with Gasteiger partial charge in [0.1, 0.15) is 22.9 Å². The van der Waals surface area contributed by atoms with Crippen LogP contribution in [0.2, 0.25) is 5.02 Å². The highest BCUT2D eigenvalue weighted by Crippen LogP contribution is 2.28. The molecule has 2 aromatic rings. The van der Waals surface area contributed by atoms with E-state index in [1.54, 1.807) is 24.3 Å². The zero-order chi connectivity index (χ0) is 13.8. The molecule has 0 spiro atoms.